The molecule has 23 heavy (non-hydrogen) atoms. The van der Waals surface area contributed by atoms with Crippen LogP contribution in [0.1, 0.15) is 23.3 Å². The van der Waals surface area contributed by atoms with Crippen LogP contribution in [0.4, 0.5) is 4.39 Å². The van der Waals surface area contributed by atoms with Gasteiger partial charge in [-0.05, 0) is 6.07 Å². The van der Waals surface area contributed by atoms with Crippen LogP contribution in [0, 0.1) is 12.7 Å². The van der Waals surface area contributed by atoms with Gasteiger partial charge in [0.05, 0.1) is 6.61 Å². The van der Waals surface area contributed by atoms with Crippen molar-refractivity contribution in [1.82, 2.24) is 20.8 Å². The van der Waals surface area contributed by atoms with Crippen LogP contribution in [0.5, 0.6) is 0 Å². The van der Waals surface area contributed by atoms with Crippen molar-refractivity contribution in [2.45, 2.75) is 19.1 Å². The van der Waals surface area contributed by atoms with Crippen LogP contribution < -0.4 is 10.6 Å². The van der Waals surface area contributed by atoms with Crippen molar-refractivity contribution in [1.29, 1.82) is 0 Å². The number of morpholine rings is 1. The number of ether oxygens (including phenoxy) is 1. The van der Waals surface area contributed by atoms with Gasteiger partial charge in [-0.15, -0.1) is 0 Å². The molecule has 0 spiro atoms. The first-order chi connectivity index (χ1) is 11.1. The van der Waals surface area contributed by atoms with Crippen LogP contribution in [-0.4, -0.2) is 41.8 Å². The quantitative estimate of drug-likeness (QED) is 0.862. The first-order valence-corrected chi connectivity index (χ1v) is 7.32. The number of carbonyl (C=O) groups is 1. The predicted molar refractivity (Wildman–Crippen MR) is 78.0 cm³/mol. The van der Waals surface area contributed by atoms with Gasteiger partial charge in [0.25, 0.3) is 5.91 Å². The molecule has 122 valence electrons. The molecule has 1 aromatic heterocycles. The molecule has 7 nitrogen and oxygen atoms in total. The predicted octanol–water partition coefficient (Wildman–Crippen LogP) is 0.711. The molecule has 1 saturated heterocycles. The minimum Gasteiger partial charge on any atom is -0.366 e. The number of nitrogens with one attached hydrogen (secondary N) is 2. The summed E-state index contributed by atoms with van der Waals surface area (Å²) in [5.41, 5.74) is 0.269. The summed E-state index contributed by atoms with van der Waals surface area (Å²) in [5, 5.41) is 9.63. The summed E-state index contributed by atoms with van der Waals surface area (Å²) in [6.45, 7) is 3.18. The topological polar surface area (TPSA) is 89.3 Å². The second-order valence-electron chi connectivity index (χ2n) is 5.20. The van der Waals surface area contributed by atoms with Crippen LogP contribution in [0.3, 0.4) is 0 Å². The molecule has 3 rings (SSSR count). The number of rotatable bonds is 4. The molecule has 2 aromatic rings. The number of aryl methyl sites for hydroxylation is 1. The molecule has 1 aliphatic rings. The normalized spacial score (nSPS) is 19.3. The highest BCUT2D eigenvalue weighted by Crippen LogP contribution is 2.22. The summed E-state index contributed by atoms with van der Waals surface area (Å²) in [7, 11) is 0. The first-order valence-electron chi connectivity index (χ1n) is 7.32. The Morgan fingerprint density at radius 2 is 2.30 bits per heavy atom. The van der Waals surface area contributed by atoms with Gasteiger partial charge in [-0.3, -0.25) is 4.79 Å². The maximum Gasteiger partial charge on any atom is 0.251 e. The molecule has 1 aliphatic heterocycles. The molecule has 1 fully saturated rings. The number of benzene rings is 1. The first kappa shape index (κ1) is 15.6. The van der Waals surface area contributed by atoms with Crippen molar-refractivity contribution in [3.8, 4) is 0 Å². The van der Waals surface area contributed by atoms with Crippen LogP contribution in [0.25, 0.3) is 0 Å². The summed E-state index contributed by atoms with van der Waals surface area (Å²) in [5.74, 6) is -0.272. The number of carbonyl (C=O) groups excluding carboxylic acids is 1. The van der Waals surface area contributed by atoms with Gasteiger partial charge >= 0.3 is 0 Å². The lowest BCUT2D eigenvalue weighted by atomic mass is 10.0. The molecule has 2 atom stereocenters. The lowest BCUT2D eigenvalue weighted by Crippen LogP contribution is -2.48. The summed E-state index contributed by atoms with van der Waals surface area (Å²) in [4.78, 5) is 16.5. The van der Waals surface area contributed by atoms with E-state index in [0.717, 1.165) is 0 Å². The number of nitrogens with zero attached hydrogens (tertiary/aromatic N) is 2. The van der Waals surface area contributed by atoms with E-state index in [4.69, 9.17) is 9.26 Å². The van der Waals surface area contributed by atoms with E-state index < -0.39 is 18.0 Å². The van der Waals surface area contributed by atoms with Gasteiger partial charge in [0.1, 0.15) is 18.0 Å². The molecular weight excluding hydrogens is 303 g/mol. The Labute approximate surface area is 132 Å². The number of halogens is 1. The standard InChI is InChI=1S/C15H17FN4O3/c1-9-18-14(20-23-9)13(10-4-2-3-5-11(10)16)19-15(21)12-8-17-6-7-22-12/h2-5,12-13,17H,6-8H2,1H3,(H,19,21)/t12-,13+/m1/s1. The second-order valence-corrected chi connectivity index (χ2v) is 5.20. The van der Waals surface area contributed by atoms with E-state index in [-0.39, 0.29) is 17.3 Å². The largest absolute Gasteiger partial charge is 0.366 e. The van der Waals surface area contributed by atoms with E-state index in [1.54, 1.807) is 25.1 Å². The summed E-state index contributed by atoms with van der Waals surface area (Å²) in [6, 6.07) is 5.31. The van der Waals surface area contributed by atoms with Crippen LogP contribution in [-0.2, 0) is 9.53 Å². The molecular formula is C15H17FN4O3. The molecule has 0 radical (unpaired) electrons. The fourth-order valence-electron chi connectivity index (χ4n) is 2.39. The fraction of sp³-hybridized carbons (Fsp3) is 0.400. The monoisotopic (exact) mass is 320 g/mol. The van der Waals surface area contributed by atoms with E-state index in [0.29, 0.717) is 25.6 Å². The molecule has 0 bridgehead atoms. The molecule has 0 aliphatic carbocycles. The third-order valence-electron chi connectivity index (χ3n) is 3.52. The fourth-order valence-corrected chi connectivity index (χ4v) is 2.39. The Kier molecular flexibility index (Phi) is 4.63. The Bertz CT molecular complexity index is 685. The zero-order valence-corrected chi connectivity index (χ0v) is 12.6. The smallest absolute Gasteiger partial charge is 0.251 e. The van der Waals surface area contributed by atoms with E-state index in [9.17, 15) is 9.18 Å². The Hall–Kier alpha value is -2.32. The van der Waals surface area contributed by atoms with Gasteiger partial charge in [0.15, 0.2) is 5.82 Å². The average Bonchev–Trinajstić information content (AvgIpc) is 3.00. The Balaban J connectivity index is 1.86. The van der Waals surface area contributed by atoms with Crippen LogP contribution in [0.15, 0.2) is 28.8 Å². The highest BCUT2D eigenvalue weighted by molar-refractivity contribution is 5.82. The maximum atomic E-state index is 14.1. The molecule has 0 saturated carbocycles. The van der Waals surface area contributed by atoms with Gasteiger partial charge in [0.2, 0.25) is 5.89 Å². The van der Waals surface area contributed by atoms with Gasteiger partial charge in [0, 0.05) is 25.6 Å². The van der Waals surface area contributed by atoms with E-state index in [1.807, 2.05) is 0 Å². The highest BCUT2D eigenvalue weighted by atomic mass is 19.1. The number of hydrogen-bond acceptors (Lipinski definition) is 6. The third-order valence-corrected chi connectivity index (χ3v) is 3.52. The SMILES string of the molecule is Cc1nc([C@@H](NC(=O)[C@H]2CNCCO2)c2ccccc2F)no1. The van der Waals surface area contributed by atoms with Crippen LogP contribution >= 0.6 is 0 Å². The molecule has 2 N–H and O–H groups in total. The average molecular weight is 320 g/mol. The molecule has 0 unspecified atom stereocenters. The minimum atomic E-state index is -0.841. The van der Waals surface area contributed by atoms with Gasteiger partial charge in [-0.1, -0.05) is 23.4 Å². The summed E-state index contributed by atoms with van der Waals surface area (Å²) < 4.78 is 24.5. The van der Waals surface area contributed by atoms with E-state index >= 15 is 0 Å². The molecule has 2 heterocycles. The molecule has 8 heteroatoms. The van der Waals surface area contributed by atoms with Crippen LogP contribution in [0.2, 0.25) is 0 Å². The van der Waals surface area contributed by atoms with Gasteiger partial charge < -0.3 is 19.9 Å². The number of amides is 1. The van der Waals surface area contributed by atoms with E-state index in [1.165, 1.54) is 6.07 Å². The van der Waals surface area contributed by atoms with Crippen molar-refractivity contribution < 1.29 is 18.4 Å². The van der Waals surface area contributed by atoms with Gasteiger partial charge in [-0.25, -0.2) is 4.39 Å². The number of hydrogen-bond donors (Lipinski definition) is 2. The lowest BCUT2D eigenvalue weighted by molar-refractivity contribution is -0.134. The minimum absolute atomic E-state index is 0.199. The van der Waals surface area contributed by atoms with E-state index in [2.05, 4.69) is 20.8 Å². The Morgan fingerprint density at radius 3 is 2.96 bits per heavy atom. The maximum absolute atomic E-state index is 14.1. The van der Waals surface area contributed by atoms with Gasteiger partial charge in [-0.2, -0.15) is 4.98 Å². The number of aromatic nitrogens is 2. The summed E-state index contributed by atoms with van der Waals surface area (Å²) >= 11 is 0. The lowest BCUT2D eigenvalue weighted by Gasteiger charge is -2.25. The van der Waals surface area contributed by atoms with Crippen molar-refractivity contribution in [2.75, 3.05) is 19.7 Å². The zero-order chi connectivity index (χ0) is 16.2. The second kappa shape index (κ2) is 6.84. The summed E-state index contributed by atoms with van der Waals surface area (Å²) in [6.07, 6.45) is -0.633. The van der Waals surface area contributed by atoms with Crippen molar-refractivity contribution in [2.24, 2.45) is 0 Å². The van der Waals surface area contributed by atoms with Crippen molar-refractivity contribution in [3.05, 3.63) is 47.4 Å². The molecule has 1 aromatic carbocycles. The van der Waals surface area contributed by atoms with Crippen molar-refractivity contribution >= 4 is 5.91 Å². The highest BCUT2D eigenvalue weighted by Gasteiger charge is 2.29. The van der Waals surface area contributed by atoms with Crippen molar-refractivity contribution in [3.63, 3.8) is 0 Å². The third kappa shape index (κ3) is 3.54. The Morgan fingerprint density at radius 1 is 1.48 bits per heavy atom. The zero-order valence-electron chi connectivity index (χ0n) is 12.6. The molecule has 1 amide bonds.